The van der Waals surface area contributed by atoms with Crippen LogP contribution in [0, 0.1) is 0 Å². The van der Waals surface area contributed by atoms with Crippen molar-refractivity contribution in [3.05, 3.63) is 23.9 Å². The van der Waals surface area contributed by atoms with Gasteiger partial charge in [-0.1, -0.05) is 13.3 Å². The number of unbranched alkanes of at least 4 members (excludes halogenated alkanes) is 1. The number of nitrogens with zero attached hydrogens (tertiary/aromatic N) is 2. The van der Waals surface area contributed by atoms with Crippen molar-refractivity contribution in [3.63, 3.8) is 0 Å². The number of carbonyl (C=O) groups is 1. The average Bonchev–Trinajstić information content (AvgIpc) is 2.93. The van der Waals surface area contributed by atoms with Crippen LogP contribution in [-0.2, 0) is 4.74 Å². The molecule has 98 valence electrons. The largest absolute Gasteiger partial charge is 0.462 e. The van der Waals surface area contributed by atoms with Crippen LogP contribution >= 0.6 is 0 Å². The molecule has 0 bridgehead atoms. The van der Waals surface area contributed by atoms with Crippen LogP contribution in [0.4, 0.5) is 5.82 Å². The average molecular weight is 248 g/mol. The zero-order valence-electron chi connectivity index (χ0n) is 10.9. The summed E-state index contributed by atoms with van der Waals surface area (Å²) < 4.78 is 5.26. The standard InChI is InChI=1S/C14H20N2O2/c1-2-3-11-18-14(17)12-7-6-8-15-13(12)16-9-4-5-10-16/h6-8H,2-5,9-11H2,1H3. The number of hydrogen-bond donors (Lipinski definition) is 0. The van der Waals surface area contributed by atoms with Gasteiger partial charge in [-0.25, -0.2) is 9.78 Å². The third-order valence-electron chi connectivity index (χ3n) is 3.14. The molecule has 1 aliphatic heterocycles. The zero-order valence-corrected chi connectivity index (χ0v) is 10.9. The lowest BCUT2D eigenvalue weighted by atomic mass is 10.2. The highest BCUT2D eigenvalue weighted by Gasteiger charge is 2.21. The van der Waals surface area contributed by atoms with Crippen LogP contribution in [0.2, 0.25) is 0 Å². The summed E-state index contributed by atoms with van der Waals surface area (Å²) in [7, 11) is 0. The van der Waals surface area contributed by atoms with E-state index in [4.69, 9.17) is 4.74 Å². The molecule has 0 aromatic carbocycles. The summed E-state index contributed by atoms with van der Waals surface area (Å²) in [6.07, 6.45) is 6.00. The number of ether oxygens (including phenoxy) is 1. The van der Waals surface area contributed by atoms with Gasteiger partial charge >= 0.3 is 5.97 Å². The lowest BCUT2D eigenvalue weighted by Crippen LogP contribution is -2.22. The first kappa shape index (κ1) is 12.9. The number of anilines is 1. The van der Waals surface area contributed by atoms with Crippen LogP contribution in [0.15, 0.2) is 18.3 Å². The Morgan fingerprint density at radius 1 is 1.44 bits per heavy atom. The highest BCUT2D eigenvalue weighted by Crippen LogP contribution is 2.22. The third kappa shape index (κ3) is 3.00. The molecule has 0 aliphatic carbocycles. The number of aromatic nitrogens is 1. The van der Waals surface area contributed by atoms with Gasteiger partial charge in [-0.05, 0) is 31.4 Å². The van der Waals surface area contributed by atoms with Crippen molar-refractivity contribution in [2.75, 3.05) is 24.6 Å². The Hall–Kier alpha value is -1.58. The summed E-state index contributed by atoms with van der Waals surface area (Å²) in [5, 5.41) is 0. The first-order chi connectivity index (χ1) is 8.83. The summed E-state index contributed by atoms with van der Waals surface area (Å²) in [5.74, 6) is 0.523. The molecule has 1 fully saturated rings. The number of hydrogen-bond acceptors (Lipinski definition) is 4. The summed E-state index contributed by atoms with van der Waals surface area (Å²) in [6, 6.07) is 3.59. The van der Waals surface area contributed by atoms with Gasteiger partial charge in [-0.2, -0.15) is 0 Å². The monoisotopic (exact) mass is 248 g/mol. The molecule has 1 saturated heterocycles. The Kier molecular flexibility index (Phi) is 4.56. The minimum Gasteiger partial charge on any atom is -0.462 e. The SMILES string of the molecule is CCCCOC(=O)c1cccnc1N1CCCC1. The predicted molar refractivity (Wildman–Crippen MR) is 70.9 cm³/mol. The Morgan fingerprint density at radius 2 is 2.22 bits per heavy atom. The van der Waals surface area contributed by atoms with E-state index in [0.717, 1.165) is 31.7 Å². The second-order valence-corrected chi connectivity index (χ2v) is 4.56. The summed E-state index contributed by atoms with van der Waals surface area (Å²) in [4.78, 5) is 18.5. The highest BCUT2D eigenvalue weighted by atomic mass is 16.5. The molecule has 4 nitrogen and oxygen atoms in total. The van der Waals surface area contributed by atoms with E-state index in [2.05, 4.69) is 16.8 Å². The predicted octanol–water partition coefficient (Wildman–Crippen LogP) is 2.64. The summed E-state index contributed by atoms with van der Waals surface area (Å²) in [6.45, 7) is 4.52. The molecule has 0 N–H and O–H groups in total. The van der Waals surface area contributed by atoms with Gasteiger partial charge in [-0.15, -0.1) is 0 Å². The van der Waals surface area contributed by atoms with Crippen molar-refractivity contribution in [1.82, 2.24) is 4.98 Å². The molecule has 2 heterocycles. The van der Waals surface area contributed by atoms with E-state index in [1.54, 1.807) is 18.3 Å². The molecule has 1 aliphatic rings. The number of esters is 1. The Morgan fingerprint density at radius 3 is 2.94 bits per heavy atom. The maximum Gasteiger partial charge on any atom is 0.341 e. The van der Waals surface area contributed by atoms with Crippen molar-refractivity contribution in [2.45, 2.75) is 32.6 Å². The maximum absolute atomic E-state index is 12.0. The van der Waals surface area contributed by atoms with Crippen LogP contribution in [0.3, 0.4) is 0 Å². The summed E-state index contributed by atoms with van der Waals surface area (Å²) >= 11 is 0. The lowest BCUT2D eigenvalue weighted by Gasteiger charge is -2.18. The fraction of sp³-hybridized carbons (Fsp3) is 0.571. The number of carbonyl (C=O) groups excluding carboxylic acids is 1. The van der Waals surface area contributed by atoms with Gasteiger partial charge in [0.2, 0.25) is 0 Å². The molecule has 1 aromatic rings. The van der Waals surface area contributed by atoms with Crippen molar-refractivity contribution in [1.29, 1.82) is 0 Å². The van der Waals surface area contributed by atoms with Gasteiger partial charge in [0.1, 0.15) is 11.4 Å². The summed E-state index contributed by atoms with van der Waals surface area (Å²) in [5.41, 5.74) is 0.593. The molecule has 0 spiro atoms. The topological polar surface area (TPSA) is 42.4 Å². The van der Waals surface area contributed by atoms with Gasteiger partial charge in [0.05, 0.1) is 6.61 Å². The maximum atomic E-state index is 12.0. The van der Waals surface area contributed by atoms with Gasteiger partial charge in [0.25, 0.3) is 0 Å². The minimum absolute atomic E-state index is 0.251. The van der Waals surface area contributed by atoms with E-state index in [9.17, 15) is 4.79 Å². The molecule has 0 amide bonds. The highest BCUT2D eigenvalue weighted by molar-refractivity contribution is 5.94. The molecular weight excluding hydrogens is 228 g/mol. The van der Waals surface area contributed by atoms with E-state index >= 15 is 0 Å². The third-order valence-corrected chi connectivity index (χ3v) is 3.14. The molecular formula is C14H20N2O2. The van der Waals surface area contributed by atoms with Crippen LogP contribution in [0.1, 0.15) is 43.0 Å². The Labute approximate surface area is 108 Å². The van der Waals surface area contributed by atoms with Crippen molar-refractivity contribution >= 4 is 11.8 Å². The van der Waals surface area contributed by atoms with Crippen LogP contribution in [0.5, 0.6) is 0 Å². The Bertz CT molecular complexity index is 401. The molecule has 0 saturated carbocycles. The van der Waals surface area contributed by atoms with E-state index in [1.165, 1.54) is 12.8 Å². The molecule has 0 radical (unpaired) electrons. The first-order valence-electron chi connectivity index (χ1n) is 6.70. The molecule has 18 heavy (non-hydrogen) atoms. The van der Waals surface area contributed by atoms with Gasteiger partial charge in [0, 0.05) is 19.3 Å². The fourth-order valence-corrected chi connectivity index (χ4v) is 2.12. The van der Waals surface area contributed by atoms with Crippen LogP contribution in [0.25, 0.3) is 0 Å². The van der Waals surface area contributed by atoms with Crippen molar-refractivity contribution in [2.24, 2.45) is 0 Å². The van der Waals surface area contributed by atoms with E-state index in [-0.39, 0.29) is 5.97 Å². The van der Waals surface area contributed by atoms with Crippen LogP contribution in [-0.4, -0.2) is 30.6 Å². The van der Waals surface area contributed by atoms with Gasteiger partial charge in [0.15, 0.2) is 0 Å². The minimum atomic E-state index is -0.251. The van der Waals surface area contributed by atoms with E-state index in [1.807, 2.05) is 0 Å². The Balaban J connectivity index is 2.08. The number of rotatable bonds is 5. The second kappa shape index (κ2) is 6.38. The fourth-order valence-electron chi connectivity index (χ4n) is 2.12. The molecule has 0 atom stereocenters. The molecule has 4 heteroatoms. The normalized spacial score (nSPS) is 14.8. The first-order valence-corrected chi connectivity index (χ1v) is 6.70. The number of pyridine rings is 1. The van der Waals surface area contributed by atoms with Gasteiger partial charge in [-0.3, -0.25) is 0 Å². The van der Waals surface area contributed by atoms with Gasteiger partial charge < -0.3 is 9.64 Å². The van der Waals surface area contributed by atoms with Crippen molar-refractivity contribution < 1.29 is 9.53 Å². The van der Waals surface area contributed by atoms with E-state index < -0.39 is 0 Å². The molecule has 1 aromatic heterocycles. The second-order valence-electron chi connectivity index (χ2n) is 4.56. The van der Waals surface area contributed by atoms with E-state index in [0.29, 0.717) is 12.2 Å². The lowest BCUT2D eigenvalue weighted by molar-refractivity contribution is 0.0500. The quantitative estimate of drug-likeness (QED) is 0.593. The zero-order chi connectivity index (χ0) is 12.8. The molecule has 2 rings (SSSR count). The molecule has 0 unspecified atom stereocenters. The van der Waals surface area contributed by atoms with Crippen molar-refractivity contribution in [3.8, 4) is 0 Å². The van der Waals surface area contributed by atoms with Crippen LogP contribution < -0.4 is 4.90 Å². The smallest absolute Gasteiger partial charge is 0.341 e.